The number of hydrogen-bond donors (Lipinski definition) is 0. The predicted molar refractivity (Wildman–Crippen MR) is 63.5 cm³/mol. The third kappa shape index (κ3) is 2.76. The molecule has 0 saturated heterocycles. The van der Waals surface area contributed by atoms with Gasteiger partial charge in [0.05, 0.1) is 4.92 Å². The molecular formula is C13H7F4NO2. The molecule has 0 amide bonds. The van der Waals surface area contributed by atoms with E-state index in [9.17, 15) is 27.7 Å². The van der Waals surface area contributed by atoms with E-state index in [-0.39, 0.29) is 11.1 Å². The zero-order valence-electron chi connectivity index (χ0n) is 9.82. The molecular weight excluding hydrogens is 278 g/mol. The van der Waals surface area contributed by atoms with E-state index in [0.717, 1.165) is 24.3 Å². The zero-order chi connectivity index (χ0) is 14.9. The zero-order valence-corrected chi connectivity index (χ0v) is 9.82. The van der Waals surface area contributed by atoms with E-state index in [4.69, 9.17) is 0 Å². The Morgan fingerprint density at radius 1 is 1.00 bits per heavy atom. The second-order valence-electron chi connectivity index (χ2n) is 4.00. The summed E-state index contributed by atoms with van der Waals surface area (Å²) in [4.78, 5) is 9.52. The Morgan fingerprint density at radius 2 is 1.65 bits per heavy atom. The standard InChI is InChI=1S/C13H7F4NO2/c14-10-3-1-2-8(6-10)9-4-5-12(18(19)20)11(7-9)13(15,16)17/h1-7H. The van der Waals surface area contributed by atoms with Crippen molar-refractivity contribution in [1.29, 1.82) is 0 Å². The highest BCUT2D eigenvalue weighted by Gasteiger charge is 2.38. The number of halogens is 4. The normalized spacial score (nSPS) is 11.4. The first-order chi connectivity index (χ1) is 9.29. The monoisotopic (exact) mass is 285 g/mol. The molecule has 0 bridgehead atoms. The van der Waals surface area contributed by atoms with Crippen LogP contribution in [0.3, 0.4) is 0 Å². The molecule has 3 nitrogen and oxygen atoms in total. The molecule has 0 aromatic heterocycles. The number of nitro benzene ring substituents is 1. The molecule has 7 heteroatoms. The smallest absolute Gasteiger partial charge is 0.258 e. The molecule has 0 saturated carbocycles. The number of benzene rings is 2. The SMILES string of the molecule is O=[N+]([O-])c1ccc(-c2cccc(F)c2)cc1C(F)(F)F. The number of rotatable bonds is 2. The van der Waals surface area contributed by atoms with Crippen molar-refractivity contribution in [3.8, 4) is 11.1 Å². The molecule has 104 valence electrons. The first-order valence-electron chi connectivity index (χ1n) is 5.40. The van der Waals surface area contributed by atoms with Crippen LogP contribution in [0.4, 0.5) is 23.2 Å². The third-order valence-corrected chi connectivity index (χ3v) is 2.66. The summed E-state index contributed by atoms with van der Waals surface area (Å²) in [5, 5.41) is 10.6. The van der Waals surface area contributed by atoms with Crippen molar-refractivity contribution >= 4 is 5.69 Å². The largest absolute Gasteiger partial charge is 0.423 e. The molecule has 0 radical (unpaired) electrons. The molecule has 0 N–H and O–H groups in total. The highest BCUT2D eigenvalue weighted by molar-refractivity contribution is 5.67. The molecule has 2 rings (SSSR count). The predicted octanol–water partition coefficient (Wildman–Crippen LogP) is 4.42. The minimum atomic E-state index is -4.86. The van der Waals surface area contributed by atoms with Gasteiger partial charge in [0, 0.05) is 6.07 Å². The summed E-state index contributed by atoms with van der Waals surface area (Å²) < 4.78 is 51.5. The van der Waals surface area contributed by atoms with Gasteiger partial charge in [-0.25, -0.2) is 4.39 Å². The van der Waals surface area contributed by atoms with Crippen LogP contribution >= 0.6 is 0 Å². The van der Waals surface area contributed by atoms with Gasteiger partial charge in [-0.3, -0.25) is 10.1 Å². The Bertz CT molecular complexity index is 668. The molecule has 0 aliphatic carbocycles. The highest BCUT2D eigenvalue weighted by atomic mass is 19.4. The summed E-state index contributed by atoms with van der Waals surface area (Å²) in [5.74, 6) is -0.602. The number of nitro groups is 1. The maximum atomic E-state index is 13.1. The van der Waals surface area contributed by atoms with E-state index in [2.05, 4.69) is 0 Å². The van der Waals surface area contributed by atoms with Crippen molar-refractivity contribution in [3.05, 3.63) is 64.0 Å². The van der Waals surface area contributed by atoms with E-state index in [0.29, 0.717) is 6.07 Å². The van der Waals surface area contributed by atoms with Crippen molar-refractivity contribution in [2.75, 3.05) is 0 Å². The lowest BCUT2D eigenvalue weighted by Crippen LogP contribution is -2.09. The van der Waals surface area contributed by atoms with Gasteiger partial charge in [-0.05, 0) is 35.4 Å². The molecule has 0 aliphatic rings. The fourth-order valence-electron chi connectivity index (χ4n) is 1.77. The van der Waals surface area contributed by atoms with Crippen LogP contribution in [0.2, 0.25) is 0 Å². The van der Waals surface area contributed by atoms with Gasteiger partial charge in [0.15, 0.2) is 0 Å². The lowest BCUT2D eigenvalue weighted by atomic mass is 10.0. The lowest BCUT2D eigenvalue weighted by molar-refractivity contribution is -0.388. The van der Waals surface area contributed by atoms with Gasteiger partial charge in [0.25, 0.3) is 5.69 Å². The number of hydrogen-bond acceptors (Lipinski definition) is 2. The minimum absolute atomic E-state index is 0.0578. The summed E-state index contributed by atoms with van der Waals surface area (Å²) in [5.41, 5.74) is -2.12. The van der Waals surface area contributed by atoms with Gasteiger partial charge in [0.2, 0.25) is 0 Å². The van der Waals surface area contributed by atoms with Crippen molar-refractivity contribution in [2.24, 2.45) is 0 Å². The molecule has 0 spiro atoms. The lowest BCUT2D eigenvalue weighted by Gasteiger charge is -2.09. The van der Waals surface area contributed by atoms with Crippen LogP contribution in [0.1, 0.15) is 5.56 Å². The molecule has 0 atom stereocenters. The van der Waals surface area contributed by atoms with Crippen LogP contribution in [0.25, 0.3) is 11.1 Å². The van der Waals surface area contributed by atoms with Crippen LogP contribution in [-0.2, 0) is 6.18 Å². The fraction of sp³-hybridized carbons (Fsp3) is 0.0769. The number of alkyl halides is 3. The molecule has 0 aliphatic heterocycles. The Labute approximate surface area is 110 Å². The summed E-state index contributed by atoms with van der Waals surface area (Å²) in [6.07, 6.45) is -4.86. The van der Waals surface area contributed by atoms with E-state index in [1.54, 1.807) is 0 Å². The van der Waals surface area contributed by atoms with Gasteiger partial charge in [-0.1, -0.05) is 12.1 Å². The van der Waals surface area contributed by atoms with Crippen LogP contribution in [0.15, 0.2) is 42.5 Å². The topological polar surface area (TPSA) is 43.1 Å². The Hall–Kier alpha value is -2.44. The molecule has 0 heterocycles. The maximum absolute atomic E-state index is 13.1. The van der Waals surface area contributed by atoms with Gasteiger partial charge in [-0.15, -0.1) is 0 Å². The number of nitrogens with zero attached hydrogens (tertiary/aromatic N) is 1. The second kappa shape index (κ2) is 4.92. The van der Waals surface area contributed by atoms with E-state index in [1.807, 2.05) is 0 Å². The minimum Gasteiger partial charge on any atom is -0.258 e. The Kier molecular flexibility index (Phi) is 3.44. The highest BCUT2D eigenvalue weighted by Crippen LogP contribution is 2.38. The van der Waals surface area contributed by atoms with Crippen molar-refractivity contribution < 1.29 is 22.5 Å². The van der Waals surface area contributed by atoms with Crippen LogP contribution < -0.4 is 0 Å². The third-order valence-electron chi connectivity index (χ3n) is 2.66. The molecule has 0 fully saturated rings. The molecule has 2 aromatic carbocycles. The molecule has 0 unspecified atom stereocenters. The van der Waals surface area contributed by atoms with Gasteiger partial charge < -0.3 is 0 Å². The summed E-state index contributed by atoms with van der Waals surface area (Å²) in [6, 6.07) is 7.54. The second-order valence-corrected chi connectivity index (χ2v) is 4.00. The van der Waals surface area contributed by atoms with Crippen molar-refractivity contribution in [3.63, 3.8) is 0 Å². The summed E-state index contributed by atoms with van der Waals surface area (Å²) in [7, 11) is 0. The summed E-state index contributed by atoms with van der Waals surface area (Å²) in [6.45, 7) is 0. The van der Waals surface area contributed by atoms with Crippen LogP contribution in [-0.4, -0.2) is 4.92 Å². The Balaban J connectivity index is 2.61. The Morgan fingerprint density at radius 3 is 2.20 bits per heavy atom. The van der Waals surface area contributed by atoms with Gasteiger partial charge in [-0.2, -0.15) is 13.2 Å². The van der Waals surface area contributed by atoms with E-state index < -0.39 is 28.2 Å². The van der Waals surface area contributed by atoms with Crippen molar-refractivity contribution in [1.82, 2.24) is 0 Å². The van der Waals surface area contributed by atoms with Crippen molar-refractivity contribution in [2.45, 2.75) is 6.18 Å². The molecule has 2 aromatic rings. The fourth-order valence-corrected chi connectivity index (χ4v) is 1.77. The first-order valence-corrected chi connectivity index (χ1v) is 5.40. The van der Waals surface area contributed by atoms with Gasteiger partial charge in [0.1, 0.15) is 11.4 Å². The van der Waals surface area contributed by atoms with E-state index in [1.165, 1.54) is 12.1 Å². The van der Waals surface area contributed by atoms with Crippen LogP contribution in [0.5, 0.6) is 0 Å². The molecule has 20 heavy (non-hydrogen) atoms. The average Bonchev–Trinajstić information content (AvgIpc) is 2.37. The van der Waals surface area contributed by atoms with Gasteiger partial charge >= 0.3 is 6.18 Å². The average molecular weight is 285 g/mol. The summed E-state index contributed by atoms with van der Waals surface area (Å²) >= 11 is 0. The quantitative estimate of drug-likeness (QED) is 0.465. The van der Waals surface area contributed by atoms with E-state index >= 15 is 0 Å². The maximum Gasteiger partial charge on any atom is 0.423 e. The first kappa shape index (κ1) is 14.0. The van der Waals surface area contributed by atoms with Crippen LogP contribution in [0, 0.1) is 15.9 Å².